The van der Waals surface area contributed by atoms with Crippen molar-refractivity contribution in [1.82, 2.24) is 19.7 Å². The topological polar surface area (TPSA) is 60.2 Å². The van der Waals surface area contributed by atoms with E-state index in [9.17, 15) is 4.79 Å². The maximum absolute atomic E-state index is 12.9. The van der Waals surface area contributed by atoms with Crippen molar-refractivity contribution in [3.63, 3.8) is 0 Å². The lowest BCUT2D eigenvalue weighted by Gasteiger charge is -2.39. The zero-order valence-electron chi connectivity index (χ0n) is 17.3. The number of likely N-dealkylation sites (tertiary alicyclic amines) is 1. The maximum atomic E-state index is 12.9. The number of methoxy groups -OCH3 is 1. The molecule has 3 rings (SSSR count). The normalized spacial score (nSPS) is 19.5. The van der Waals surface area contributed by atoms with Gasteiger partial charge in [0.1, 0.15) is 0 Å². The Balaban J connectivity index is 1.78. The molecular formula is C21H29ClN4O2S. The summed E-state index contributed by atoms with van der Waals surface area (Å²) in [7, 11) is 1.69. The number of benzene rings is 1. The van der Waals surface area contributed by atoms with Crippen molar-refractivity contribution in [2.45, 2.75) is 63.3 Å². The number of hydrogen-bond acceptors (Lipinski definition) is 5. The third kappa shape index (κ3) is 5.32. The van der Waals surface area contributed by atoms with Gasteiger partial charge in [-0.25, -0.2) is 0 Å². The first kappa shape index (κ1) is 22.1. The second kappa shape index (κ2) is 10.5. The quantitative estimate of drug-likeness (QED) is 0.449. The number of amides is 1. The number of rotatable bonds is 8. The Hall–Kier alpha value is -1.57. The van der Waals surface area contributed by atoms with Crippen LogP contribution in [-0.4, -0.2) is 57.1 Å². The van der Waals surface area contributed by atoms with Gasteiger partial charge < -0.3 is 14.2 Å². The summed E-state index contributed by atoms with van der Waals surface area (Å²) >= 11 is 7.84. The van der Waals surface area contributed by atoms with Crippen LogP contribution in [0.3, 0.4) is 0 Å². The molecule has 1 aliphatic heterocycles. The number of aromatic nitrogens is 3. The van der Waals surface area contributed by atoms with Gasteiger partial charge in [-0.2, -0.15) is 0 Å². The van der Waals surface area contributed by atoms with Crippen LogP contribution in [0.4, 0.5) is 0 Å². The second-order valence-electron chi connectivity index (χ2n) is 7.50. The van der Waals surface area contributed by atoms with Gasteiger partial charge in [-0.15, -0.1) is 10.2 Å². The third-order valence-electron chi connectivity index (χ3n) is 5.37. The summed E-state index contributed by atoms with van der Waals surface area (Å²) in [6.45, 7) is 5.63. The highest BCUT2D eigenvalue weighted by atomic mass is 35.5. The van der Waals surface area contributed by atoms with E-state index in [0.29, 0.717) is 36.0 Å². The largest absolute Gasteiger partial charge is 0.385 e. The fourth-order valence-corrected chi connectivity index (χ4v) is 4.97. The molecule has 2 atom stereocenters. The Kier molecular flexibility index (Phi) is 7.98. The van der Waals surface area contributed by atoms with Gasteiger partial charge in [0.2, 0.25) is 5.91 Å². The first-order valence-electron chi connectivity index (χ1n) is 10.1. The number of hydrogen-bond donors (Lipinski definition) is 0. The Morgan fingerprint density at radius 3 is 2.66 bits per heavy atom. The molecule has 158 valence electrons. The molecule has 6 nitrogen and oxygen atoms in total. The minimum Gasteiger partial charge on any atom is -0.385 e. The van der Waals surface area contributed by atoms with Gasteiger partial charge >= 0.3 is 0 Å². The van der Waals surface area contributed by atoms with Crippen molar-refractivity contribution in [2.24, 2.45) is 0 Å². The number of carbonyl (C=O) groups excluding carboxylic acids is 1. The van der Waals surface area contributed by atoms with Crippen molar-refractivity contribution in [3.05, 3.63) is 29.3 Å². The maximum Gasteiger partial charge on any atom is 0.233 e. The molecule has 1 aliphatic rings. The minimum absolute atomic E-state index is 0.167. The van der Waals surface area contributed by atoms with Gasteiger partial charge in [0, 0.05) is 37.9 Å². The number of ether oxygens (including phenoxy) is 1. The molecular weight excluding hydrogens is 408 g/mol. The smallest absolute Gasteiger partial charge is 0.233 e. The summed E-state index contributed by atoms with van der Waals surface area (Å²) in [6.07, 6.45) is 4.16. The molecule has 2 heterocycles. The molecule has 29 heavy (non-hydrogen) atoms. The lowest BCUT2D eigenvalue weighted by atomic mass is 9.98. The molecule has 1 saturated heterocycles. The second-order valence-corrected chi connectivity index (χ2v) is 8.85. The molecule has 2 unspecified atom stereocenters. The van der Waals surface area contributed by atoms with Gasteiger partial charge in [-0.3, -0.25) is 4.79 Å². The Labute approximate surface area is 182 Å². The van der Waals surface area contributed by atoms with E-state index in [0.717, 1.165) is 35.8 Å². The van der Waals surface area contributed by atoms with Crippen LogP contribution in [0.25, 0.3) is 11.4 Å². The minimum atomic E-state index is 0.167. The monoisotopic (exact) mass is 436 g/mol. The van der Waals surface area contributed by atoms with E-state index in [1.807, 2.05) is 33.7 Å². The van der Waals surface area contributed by atoms with E-state index in [1.165, 1.54) is 18.2 Å². The van der Waals surface area contributed by atoms with Crippen molar-refractivity contribution >= 4 is 29.3 Å². The Bertz CT molecular complexity index is 819. The summed E-state index contributed by atoms with van der Waals surface area (Å²) in [5.41, 5.74) is 0.843. The molecule has 0 radical (unpaired) electrons. The van der Waals surface area contributed by atoms with Crippen LogP contribution < -0.4 is 0 Å². The van der Waals surface area contributed by atoms with Gasteiger partial charge in [-0.1, -0.05) is 35.5 Å². The van der Waals surface area contributed by atoms with Crippen LogP contribution in [0.5, 0.6) is 0 Å². The van der Waals surface area contributed by atoms with Gasteiger partial charge in [0.05, 0.1) is 10.8 Å². The van der Waals surface area contributed by atoms with E-state index in [-0.39, 0.29) is 5.91 Å². The predicted molar refractivity (Wildman–Crippen MR) is 117 cm³/mol. The molecule has 1 amide bonds. The van der Waals surface area contributed by atoms with E-state index in [4.69, 9.17) is 16.3 Å². The predicted octanol–water partition coefficient (Wildman–Crippen LogP) is 4.52. The van der Waals surface area contributed by atoms with Crippen LogP contribution in [0.2, 0.25) is 5.02 Å². The molecule has 1 aromatic carbocycles. The van der Waals surface area contributed by atoms with E-state index in [2.05, 4.69) is 24.0 Å². The van der Waals surface area contributed by atoms with E-state index >= 15 is 0 Å². The van der Waals surface area contributed by atoms with Crippen LogP contribution in [-0.2, 0) is 16.1 Å². The van der Waals surface area contributed by atoms with Crippen molar-refractivity contribution in [1.29, 1.82) is 0 Å². The lowest BCUT2D eigenvalue weighted by molar-refractivity contribution is -0.134. The molecule has 2 aromatic rings. The standard InChI is InChI=1S/C21H29ClN4O2S/c1-15-8-6-9-16(2)26(15)19(27)14-29-21-24-23-20(25(21)12-7-13-28-3)17-10-4-5-11-18(17)22/h4-5,10-11,15-16H,6-9,12-14H2,1-3H3. The highest BCUT2D eigenvalue weighted by Crippen LogP contribution is 2.30. The summed E-state index contributed by atoms with van der Waals surface area (Å²) in [6, 6.07) is 8.21. The fourth-order valence-electron chi connectivity index (χ4n) is 3.92. The molecule has 0 saturated carbocycles. The van der Waals surface area contributed by atoms with Crippen LogP contribution in [0, 0.1) is 0 Å². The molecule has 0 aliphatic carbocycles. The number of halogens is 1. The summed E-state index contributed by atoms with van der Waals surface area (Å²) < 4.78 is 7.25. The molecule has 0 bridgehead atoms. The molecule has 1 fully saturated rings. The fraction of sp³-hybridized carbons (Fsp3) is 0.571. The number of piperidine rings is 1. The number of carbonyl (C=O) groups is 1. The highest BCUT2D eigenvalue weighted by Gasteiger charge is 2.29. The molecule has 0 N–H and O–H groups in total. The Morgan fingerprint density at radius 1 is 1.24 bits per heavy atom. The average Bonchev–Trinajstić information content (AvgIpc) is 3.09. The number of thioether (sulfide) groups is 1. The number of nitrogens with zero attached hydrogens (tertiary/aromatic N) is 4. The van der Waals surface area contributed by atoms with Crippen molar-refractivity contribution in [2.75, 3.05) is 19.5 Å². The van der Waals surface area contributed by atoms with Gasteiger partial charge in [-0.05, 0) is 51.7 Å². The zero-order valence-corrected chi connectivity index (χ0v) is 18.9. The first-order chi connectivity index (χ1) is 14.0. The Morgan fingerprint density at radius 2 is 1.97 bits per heavy atom. The average molecular weight is 437 g/mol. The first-order valence-corrected chi connectivity index (χ1v) is 11.5. The summed E-state index contributed by atoms with van der Waals surface area (Å²) in [4.78, 5) is 14.9. The van der Waals surface area contributed by atoms with E-state index < -0.39 is 0 Å². The van der Waals surface area contributed by atoms with Crippen molar-refractivity contribution in [3.8, 4) is 11.4 Å². The van der Waals surface area contributed by atoms with Crippen LogP contribution in [0.15, 0.2) is 29.4 Å². The molecule has 0 spiro atoms. The molecule has 1 aromatic heterocycles. The van der Waals surface area contributed by atoms with Gasteiger partial charge in [0.15, 0.2) is 11.0 Å². The summed E-state index contributed by atoms with van der Waals surface area (Å²) in [5.74, 6) is 1.25. The van der Waals surface area contributed by atoms with Gasteiger partial charge in [0.25, 0.3) is 0 Å². The highest BCUT2D eigenvalue weighted by molar-refractivity contribution is 7.99. The van der Waals surface area contributed by atoms with Crippen LogP contribution in [0.1, 0.15) is 39.5 Å². The van der Waals surface area contributed by atoms with Crippen LogP contribution >= 0.6 is 23.4 Å². The lowest BCUT2D eigenvalue weighted by Crippen LogP contribution is -2.48. The SMILES string of the molecule is COCCCn1c(SCC(=O)N2C(C)CCCC2C)nnc1-c1ccccc1Cl. The zero-order chi connectivity index (χ0) is 20.8. The van der Waals surface area contributed by atoms with E-state index in [1.54, 1.807) is 7.11 Å². The van der Waals surface area contributed by atoms with Crippen molar-refractivity contribution < 1.29 is 9.53 Å². The third-order valence-corrected chi connectivity index (χ3v) is 6.65. The molecule has 8 heteroatoms. The summed E-state index contributed by atoms with van der Waals surface area (Å²) in [5, 5.41) is 10.1.